The van der Waals surface area contributed by atoms with Crippen molar-refractivity contribution >= 4 is 23.6 Å². The molecule has 1 aromatic carbocycles. The second-order valence-electron chi connectivity index (χ2n) is 6.86. The van der Waals surface area contributed by atoms with E-state index in [1.807, 2.05) is 0 Å². The lowest BCUT2D eigenvalue weighted by atomic mass is 10.1. The van der Waals surface area contributed by atoms with E-state index in [4.69, 9.17) is 0 Å². The molecule has 1 aliphatic heterocycles. The number of amides is 4. The summed E-state index contributed by atoms with van der Waals surface area (Å²) in [7, 11) is 0. The quantitative estimate of drug-likeness (QED) is 0.325. The third kappa shape index (κ3) is 3.37. The fraction of sp³-hybridized carbons (Fsp3) is 0.238. The first-order chi connectivity index (χ1) is 13.7. The van der Waals surface area contributed by atoms with E-state index in [1.54, 1.807) is 43.5 Å². The SMILES string of the molecule is C=CCN1C(=O)C(=O)N(CC(=O)c2cc(C)n(-c3ccc(C)c(F)c3)c2C)C1=O. The Morgan fingerprint density at radius 2 is 1.72 bits per heavy atom. The minimum absolute atomic E-state index is 0.110. The number of benzene rings is 1. The van der Waals surface area contributed by atoms with Gasteiger partial charge in [0.1, 0.15) is 5.82 Å². The van der Waals surface area contributed by atoms with E-state index in [-0.39, 0.29) is 12.4 Å². The number of aromatic nitrogens is 1. The summed E-state index contributed by atoms with van der Waals surface area (Å²) >= 11 is 0. The van der Waals surface area contributed by atoms with Gasteiger partial charge in [-0.2, -0.15) is 0 Å². The van der Waals surface area contributed by atoms with Crippen LogP contribution in [-0.2, 0) is 9.59 Å². The molecule has 4 amide bonds. The van der Waals surface area contributed by atoms with E-state index in [9.17, 15) is 23.6 Å². The van der Waals surface area contributed by atoms with Crippen molar-refractivity contribution in [1.29, 1.82) is 0 Å². The summed E-state index contributed by atoms with van der Waals surface area (Å²) in [6.45, 7) is 7.90. The van der Waals surface area contributed by atoms with Crippen LogP contribution >= 0.6 is 0 Å². The summed E-state index contributed by atoms with van der Waals surface area (Å²) in [4.78, 5) is 50.5. The number of hydrogen-bond donors (Lipinski definition) is 0. The van der Waals surface area contributed by atoms with Gasteiger partial charge in [0.05, 0.1) is 6.54 Å². The number of imide groups is 2. The first kappa shape index (κ1) is 20.2. The lowest BCUT2D eigenvalue weighted by molar-refractivity contribution is -0.142. The smallest absolute Gasteiger partial charge is 0.318 e. The van der Waals surface area contributed by atoms with Crippen molar-refractivity contribution in [2.75, 3.05) is 13.1 Å². The number of carbonyl (C=O) groups is 4. The van der Waals surface area contributed by atoms with Crippen LogP contribution in [-0.4, -0.2) is 51.1 Å². The summed E-state index contributed by atoms with van der Waals surface area (Å²) in [5, 5.41) is 0. The maximum absolute atomic E-state index is 14.0. The number of Topliss-reactive ketones (excluding diaryl/α,β-unsaturated/α-hetero) is 1. The summed E-state index contributed by atoms with van der Waals surface area (Å²) in [5.41, 5.74) is 2.59. The first-order valence-electron chi connectivity index (χ1n) is 8.94. The average molecular weight is 397 g/mol. The molecule has 0 bridgehead atoms. The van der Waals surface area contributed by atoms with Gasteiger partial charge >= 0.3 is 17.8 Å². The molecule has 0 aliphatic carbocycles. The molecular formula is C21H20FN3O4. The van der Waals surface area contributed by atoms with Gasteiger partial charge in [-0.25, -0.2) is 14.1 Å². The van der Waals surface area contributed by atoms with Crippen molar-refractivity contribution in [2.24, 2.45) is 0 Å². The van der Waals surface area contributed by atoms with Gasteiger partial charge in [0.25, 0.3) is 0 Å². The van der Waals surface area contributed by atoms with E-state index in [0.29, 0.717) is 33.1 Å². The molecule has 2 heterocycles. The molecule has 1 aliphatic rings. The zero-order valence-corrected chi connectivity index (χ0v) is 16.4. The molecule has 0 atom stereocenters. The molecule has 0 saturated carbocycles. The zero-order valence-electron chi connectivity index (χ0n) is 16.4. The van der Waals surface area contributed by atoms with Gasteiger partial charge in [0.15, 0.2) is 5.78 Å². The lowest BCUT2D eigenvalue weighted by Crippen LogP contribution is -2.37. The highest BCUT2D eigenvalue weighted by atomic mass is 19.1. The van der Waals surface area contributed by atoms with E-state index in [2.05, 4.69) is 6.58 Å². The van der Waals surface area contributed by atoms with Gasteiger partial charge in [0.2, 0.25) is 0 Å². The number of ketones is 1. The third-order valence-corrected chi connectivity index (χ3v) is 4.89. The first-order valence-corrected chi connectivity index (χ1v) is 8.94. The fourth-order valence-electron chi connectivity index (χ4n) is 3.37. The van der Waals surface area contributed by atoms with E-state index in [0.717, 1.165) is 4.90 Å². The molecule has 8 heteroatoms. The molecule has 150 valence electrons. The Kier molecular flexibility index (Phi) is 5.19. The summed E-state index contributed by atoms with van der Waals surface area (Å²) in [6, 6.07) is 5.54. The van der Waals surface area contributed by atoms with Crippen LogP contribution in [0.2, 0.25) is 0 Å². The van der Waals surface area contributed by atoms with Crippen LogP contribution in [0.25, 0.3) is 5.69 Å². The zero-order chi connectivity index (χ0) is 21.5. The van der Waals surface area contributed by atoms with Crippen LogP contribution in [0.3, 0.4) is 0 Å². The Bertz CT molecular complexity index is 1070. The number of rotatable bonds is 6. The van der Waals surface area contributed by atoms with E-state index < -0.39 is 30.2 Å². The van der Waals surface area contributed by atoms with Crippen molar-refractivity contribution in [2.45, 2.75) is 20.8 Å². The number of aryl methyl sites for hydroxylation is 2. The second kappa shape index (κ2) is 7.46. The highest BCUT2D eigenvalue weighted by Gasteiger charge is 2.44. The minimum atomic E-state index is -1.04. The highest BCUT2D eigenvalue weighted by Crippen LogP contribution is 2.23. The van der Waals surface area contributed by atoms with Crippen molar-refractivity contribution in [3.63, 3.8) is 0 Å². The maximum Gasteiger partial charge on any atom is 0.334 e. The van der Waals surface area contributed by atoms with Crippen molar-refractivity contribution in [3.8, 4) is 5.69 Å². The molecule has 1 saturated heterocycles. The highest BCUT2D eigenvalue weighted by molar-refractivity contribution is 6.45. The number of nitrogens with zero attached hydrogens (tertiary/aromatic N) is 3. The Morgan fingerprint density at radius 3 is 2.34 bits per heavy atom. The molecule has 1 fully saturated rings. The van der Waals surface area contributed by atoms with E-state index in [1.165, 1.54) is 12.1 Å². The second-order valence-corrected chi connectivity index (χ2v) is 6.86. The van der Waals surface area contributed by atoms with Crippen LogP contribution in [0.1, 0.15) is 27.3 Å². The average Bonchev–Trinajstić information content (AvgIpc) is 3.08. The molecular weight excluding hydrogens is 377 g/mol. The van der Waals surface area contributed by atoms with Crippen molar-refractivity contribution in [3.05, 3.63) is 65.3 Å². The molecule has 0 unspecified atom stereocenters. The van der Waals surface area contributed by atoms with Gasteiger partial charge in [-0.3, -0.25) is 19.3 Å². The Morgan fingerprint density at radius 1 is 1.07 bits per heavy atom. The predicted octanol–water partition coefficient (Wildman–Crippen LogP) is 2.70. The van der Waals surface area contributed by atoms with Crippen molar-refractivity contribution < 1.29 is 23.6 Å². The minimum Gasteiger partial charge on any atom is -0.318 e. The molecule has 3 rings (SSSR count). The van der Waals surface area contributed by atoms with E-state index >= 15 is 0 Å². The van der Waals surface area contributed by atoms with Gasteiger partial charge < -0.3 is 4.57 Å². The molecule has 7 nitrogen and oxygen atoms in total. The molecule has 0 radical (unpaired) electrons. The summed E-state index contributed by atoms with van der Waals surface area (Å²) in [5.74, 6) is -2.88. The number of carbonyl (C=O) groups excluding carboxylic acids is 4. The number of hydrogen-bond acceptors (Lipinski definition) is 4. The van der Waals surface area contributed by atoms with Gasteiger partial charge in [-0.05, 0) is 44.5 Å². The summed E-state index contributed by atoms with van der Waals surface area (Å²) in [6.07, 6.45) is 1.32. The van der Waals surface area contributed by atoms with Crippen LogP contribution in [0, 0.1) is 26.6 Å². The number of halogens is 1. The van der Waals surface area contributed by atoms with Crippen LogP contribution in [0.4, 0.5) is 9.18 Å². The monoisotopic (exact) mass is 397 g/mol. The maximum atomic E-state index is 14.0. The lowest BCUT2D eigenvalue weighted by Gasteiger charge is -2.14. The predicted molar refractivity (Wildman–Crippen MR) is 103 cm³/mol. The van der Waals surface area contributed by atoms with Crippen molar-refractivity contribution in [1.82, 2.24) is 14.4 Å². The van der Waals surface area contributed by atoms with Crippen LogP contribution < -0.4 is 0 Å². The summed E-state index contributed by atoms with van der Waals surface area (Å²) < 4.78 is 15.7. The molecule has 2 aromatic rings. The topological polar surface area (TPSA) is 79.7 Å². The third-order valence-electron chi connectivity index (χ3n) is 4.89. The largest absolute Gasteiger partial charge is 0.334 e. The van der Waals surface area contributed by atoms with Gasteiger partial charge in [-0.1, -0.05) is 12.1 Å². The molecule has 0 spiro atoms. The van der Waals surface area contributed by atoms with Gasteiger partial charge in [-0.15, -0.1) is 6.58 Å². The molecule has 0 N–H and O–H groups in total. The number of urea groups is 1. The molecule has 29 heavy (non-hydrogen) atoms. The Balaban J connectivity index is 1.90. The van der Waals surface area contributed by atoms with Crippen LogP contribution in [0.5, 0.6) is 0 Å². The Labute approximate surface area is 167 Å². The molecule has 1 aromatic heterocycles. The van der Waals surface area contributed by atoms with Crippen LogP contribution in [0.15, 0.2) is 36.9 Å². The van der Waals surface area contributed by atoms with Gasteiger partial charge in [0, 0.05) is 29.2 Å². The standard InChI is InChI=1S/C21H20FN3O4/c1-5-8-23-19(27)20(28)24(21(23)29)11-18(26)16-9-13(3)25(14(16)4)15-7-6-12(2)17(22)10-15/h5-7,9-10H,1,8,11H2,2-4H3. The Hall–Kier alpha value is -3.55. The fourth-order valence-corrected chi connectivity index (χ4v) is 3.37. The normalized spacial score (nSPS) is 14.1.